The second kappa shape index (κ2) is 10.3. The van der Waals surface area contributed by atoms with E-state index in [4.69, 9.17) is 10.2 Å². The van der Waals surface area contributed by atoms with E-state index in [1.165, 1.54) is 30.9 Å². The molecule has 1 aromatic heterocycles. The predicted molar refractivity (Wildman–Crippen MR) is 61.6 cm³/mol. The van der Waals surface area contributed by atoms with E-state index in [9.17, 15) is 9.59 Å². The third kappa shape index (κ3) is 7.37. The van der Waals surface area contributed by atoms with Crippen LogP contribution in [0.25, 0.3) is 0 Å². The standard InChI is InChI=1S/C8H6O4.C3H3NO.Na.H2O.H/c9-7(10)5-2-1-3-6(4-5)8(11)12;1-2-5-3-4-1;;;/h1-4H,(H,9,10)(H,11,12);1-3H;;1H2;/q;;+1;;-1. The van der Waals surface area contributed by atoms with Crippen LogP contribution in [0.4, 0.5) is 0 Å². The Labute approximate surface area is 132 Å². The summed E-state index contributed by atoms with van der Waals surface area (Å²) in [6.45, 7) is 0. The van der Waals surface area contributed by atoms with Crippen LogP contribution < -0.4 is 29.6 Å². The summed E-state index contributed by atoms with van der Waals surface area (Å²) in [5, 5.41) is 17.0. The average molecular weight is 277 g/mol. The summed E-state index contributed by atoms with van der Waals surface area (Å²) in [5.74, 6) is -2.25. The molecule has 0 bridgehead atoms. The molecule has 0 spiro atoms. The number of nitrogens with zero attached hydrogens (tertiary/aromatic N) is 1. The number of carboxylic acid groups (broad SMARTS) is 2. The van der Waals surface area contributed by atoms with Crippen LogP contribution in [0, 0.1) is 0 Å². The number of oxazole rings is 1. The first-order valence-corrected chi connectivity index (χ1v) is 4.50. The summed E-state index contributed by atoms with van der Waals surface area (Å²) in [6.07, 6.45) is 4.47. The van der Waals surface area contributed by atoms with Crippen molar-refractivity contribution < 1.29 is 60.7 Å². The monoisotopic (exact) mass is 277 g/mol. The molecule has 1 aromatic carbocycles. The fourth-order valence-electron chi connectivity index (χ4n) is 0.961. The van der Waals surface area contributed by atoms with Crippen molar-refractivity contribution in [3.8, 4) is 0 Å². The molecule has 0 fully saturated rings. The molecule has 0 unspecified atom stereocenters. The molecule has 0 aliphatic heterocycles. The molecule has 0 saturated carbocycles. The fraction of sp³-hybridized carbons (Fsp3) is 0. The Morgan fingerprint density at radius 3 is 1.95 bits per heavy atom. The number of hydrogen-bond acceptors (Lipinski definition) is 4. The SMILES string of the molecule is O.O=C(O)c1cccc(C(=O)O)c1.[H-].[Na+].c1cocn1. The van der Waals surface area contributed by atoms with Crippen molar-refractivity contribution in [1.82, 2.24) is 4.98 Å². The largest absolute Gasteiger partial charge is 1.00 e. The molecule has 0 aliphatic rings. The van der Waals surface area contributed by atoms with E-state index in [0.717, 1.165) is 6.07 Å². The van der Waals surface area contributed by atoms with Gasteiger partial charge in [-0.15, -0.1) is 0 Å². The number of aromatic carboxylic acids is 2. The summed E-state index contributed by atoms with van der Waals surface area (Å²) < 4.78 is 4.47. The molecular formula is C11H12NNaO6. The van der Waals surface area contributed by atoms with Gasteiger partial charge in [0, 0.05) is 0 Å². The summed E-state index contributed by atoms with van der Waals surface area (Å²) in [7, 11) is 0. The molecule has 0 saturated heterocycles. The van der Waals surface area contributed by atoms with E-state index in [2.05, 4.69) is 9.40 Å². The van der Waals surface area contributed by atoms with Gasteiger partial charge < -0.3 is 21.5 Å². The Bertz CT molecular complexity index is 459. The Morgan fingerprint density at radius 1 is 1.16 bits per heavy atom. The van der Waals surface area contributed by atoms with Crippen LogP contribution in [0.3, 0.4) is 0 Å². The second-order valence-corrected chi connectivity index (χ2v) is 2.87. The number of carboxylic acids is 2. The third-order valence-electron chi connectivity index (χ3n) is 1.70. The van der Waals surface area contributed by atoms with Gasteiger partial charge in [-0.1, -0.05) is 6.07 Å². The van der Waals surface area contributed by atoms with Crippen molar-refractivity contribution in [2.24, 2.45) is 0 Å². The maximum atomic E-state index is 10.4. The maximum absolute atomic E-state index is 10.4. The smallest absolute Gasteiger partial charge is 1.00 e. The Kier molecular flexibility index (Phi) is 10.6. The van der Waals surface area contributed by atoms with Gasteiger partial charge in [-0.3, -0.25) is 0 Å². The zero-order valence-electron chi connectivity index (χ0n) is 11.1. The van der Waals surface area contributed by atoms with Gasteiger partial charge >= 0.3 is 41.5 Å². The number of carbonyl (C=O) groups is 2. The molecular weight excluding hydrogens is 265 g/mol. The second-order valence-electron chi connectivity index (χ2n) is 2.87. The molecule has 0 atom stereocenters. The molecule has 8 heteroatoms. The third-order valence-corrected chi connectivity index (χ3v) is 1.70. The van der Waals surface area contributed by atoms with E-state index < -0.39 is 11.9 Å². The average Bonchev–Trinajstić information content (AvgIpc) is 2.87. The van der Waals surface area contributed by atoms with E-state index in [-0.39, 0.29) is 47.6 Å². The predicted octanol–water partition coefficient (Wildman–Crippen LogP) is -1.95. The van der Waals surface area contributed by atoms with Crippen LogP contribution in [0.15, 0.2) is 47.5 Å². The van der Waals surface area contributed by atoms with Gasteiger partial charge in [-0.25, -0.2) is 14.6 Å². The zero-order chi connectivity index (χ0) is 12.7. The van der Waals surface area contributed by atoms with Gasteiger partial charge in [0.05, 0.1) is 17.3 Å². The number of rotatable bonds is 2. The quantitative estimate of drug-likeness (QED) is 0.613. The van der Waals surface area contributed by atoms with E-state index in [0.29, 0.717) is 0 Å². The zero-order valence-corrected chi connectivity index (χ0v) is 12.1. The van der Waals surface area contributed by atoms with Crippen LogP contribution >= 0.6 is 0 Å². The first-order chi connectivity index (χ1) is 8.11. The number of aromatic nitrogens is 1. The normalized spacial score (nSPS) is 8.00. The van der Waals surface area contributed by atoms with Gasteiger partial charge in [0.2, 0.25) is 0 Å². The summed E-state index contributed by atoms with van der Waals surface area (Å²) in [5.41, 5.74) is -0.0372. The first kappa shape index (κ1) is 19.7. The molecule has 0 radical (unpaired) electrons. The topological polar surface area (TPSA) is 132 Å². The fourth-order valence-corrected chi connectivity index (χ4v) is 0.961. The number of benzene rings is 1. The Hall–Kier alpha value is -1.67. The molecule has 0 amide bonds. The van der Waals surface area contributed by atoms with Crippen LogP contribution in [-0.2, 0) is 0 Å². The first-order valence-electron chi connectivity index (χ1n) is 4.50. The van der Waals surface area contributed by atoms with Crippen LogP contribution in [0.5, 0.6) is 0 Å². The van der Waals surface area contributed by atoms with Crippen molar-refractivity contribution >= 4 is 11.9 Å². The van der Waals surface area contributed by atoms with Gasteiger partial charge in [0.25, 0.3) is 0 Å². The molecule has 98 valence electrons. The summed E-state index contributed by atoms with van der Waals surface area (Å²) in [6, 6.07) is 5.20. The van der Waals surface area contributed by atoms with Crippen LogP contribution in [0.1, 0.15) is 22.1 Å². The van der Waals surface area contributed by atoms with Gasteiger partial charge in [-0.05, 0) is 18.2 Å². The van der Waals surface area contributed by atoms with Crippen LogP contribution in [-0.4, -0.2) is 32.6 Å². The van der Waals surface area contributed by atoms with E-state index in [1.807, 2.05) is 0 Å². The van der Waals surface area contributed by atoms with Crippen LogP contribution in [0.2, 0.25) is 0 Å². The summed E-state index contributed by atoms with van der Waals surface area (Å²) >= 11 is 0. The molecule has 2 aromatic rings. The molecule has 1 heterocycles. The maximum Gasteiger partial charge on any atom is 1.00 e. The number of hydrogen-bond donors (Lipinski definition) is 2. The van der Waals surface area contributed by atoms with Crippen molar-refractivity contribution in [2.75, 3.05) is 0 Å². The minimum atomic E-state index is -1.13. The van der Waals surface area contributed by atoms with Gasteiger partial charge in [0.1, 0.15) is 6.26 Å². The Morgan fingerprint density at radius 2 is 1.68 bits per heavy atom. The van der Waals surface area contributed by atoms with E-state index in [1.54, 1.807) is 6.20 Å². The molecule has 4 N–H and O–H groups in total. The van der Waals surface area contributed by atoms with Gasteiger partial charge in [0.15, 0.2) is 6.39 Å². The van der Waals surface area contributed by atoms with Crippen molar-refractivity contribution in [1.29, 1.82) is 0 Å². The molecule has 2 rings (SSSR count). The van der Waals surface area contributed by atoms with Gasteiger partial charge in [-0.2, -0.15) is 0 Å². The molecule has 7 nitrogen and oxygen atoms in total. The van der Waals surface area contributed by atoms with Crippen molar-refractivity contribution in [3.63, 3.8) is 0 Å². The minimum Gasteiger partial charge on any atom is -1.00 e. The van der Waals surface area contributed by atoms with Crippen molar-refractivity contribution in [2.45, 2.75) is 0 Å². The molecule has 19 heavy (non-hydrogen) atoms. The Balaban J connectivity index is -0.000000312. The summed E-state index contributed by atoms with van der Waals surface area (Å²) in [4.78, 5) is 24.3. The van der Waals surface area contributed by atoms with Crippen molar-refractivity contribution in [3.05, 3.63) is 54.2 Å². The van der Waals surface area contributed by atoms with E-state index >= 15 is 0 Å². The minimum absolute atomic E-state index is 0. The molecule has 0 aliphatic carbocycles.